The number of fused-ring (bicyclic) bond motifs is 2. The zero-order valence-corrected chi connectivity index (χ0v) is 14.7. The number of hydrogen-bond acceptors (Lipinski definition) is 6. The molecule has 3 heterocycles. The van der Waals surface area contributed by atoms with E-state index in [-0.39, 0.29) is 18.7 Å². The summed E-state index contributed by atoms with van der Waals surface area (Å²) in [5.74, 6) is -0.717. The van der Waals surface area contributed by atoms with Crippen molar-refractivity contribution < 1.29 is 19.2 Å². The van der Waals surface area contributed by atoms with Crippen LogP contribution in [0.3, 0.4) is 0 Å². The number of carbonyl (C=O) groups excluding carboxylic acids is 4. The maximum absolute atomic E-state index is 12.8. The lowest BCUT2D eigenvalue weighted by Gasteiger charge is -2.27. The van der Waals surface area contributed by atoms with Crippen LogP contribution >= 0.6 is 0 Å². The van der Waals surface area contributed by atoms with Gasteiger partial charge < -0.3 is 5.73 Å². The number of hydrogen-bond donors (Lipinski definition) is 2. The van der Waals surface area contributed by atoms with Crippen LogP contribution in [0.1, 0.15) is 39.1 Å². The normalized spacial score (nSPS) is 32.6. The summed E-state index contributed by atoms with van der Waals surface area (Å²) in [6, 6.07) is 4.69. The number of nitrogens with zero attached hydrogens (tertiary/aromatic N) is 2. The van der Waals surface area contributed by atoms with Crippen molar-refractivity contribution in [1.29, 1.82) is 0 Å². The monoisotopic (exact) mass is 368 g/mol. The van der Waals surface area contributed by atoms with Crippen LogP contribution in [0.5, 0.6) is 0 Å². The lowest BCUT2D eigenvalue weighted by atomic mass is 10.0. The van der Waals surface area contributed by atoms with Gasteiger partial charge in [0.15, 0.2) is 0 Å². The average molecular weight is 368 g/mol. The Hall–Kier alpha value is -2.58. The predicted octanol–water partition coefficient (Wildman–Crippen LogP) is -0.523. The minimum absolute atomic E-state index is 0.120. The third-order valence-corrected chi connectivity index (χ3v) is 6.25. The van der Waals surface area contributed by atoms with Crippen molar-refractivity contribution in [3.63, 3.8) is 0 Å². The number of nitrogens with two attached hydrogens (primary N) is 1. The van der Waals surface area contributed by atoms with E-state index in [2.05, 4.69) is 10.2 Å². The number of piperidine rings is 2. The summed E-state index contributed by atoms with van der Waals surface area (Å²) in [6.07, 6.45) is 0.286. The first-order chi connectivity index (χ1) is 12.9. The van der Waals surface area contributed by atoms with Crippen molar-refractivity contribution in [2.45, 2.75) is 31.5 Å². The summed E-state index contributed by atoms with van der Waals surface area (Å²) in [5, 5.41) is 2.20. The zero-order valence-electron chi connectivity index (χ0n) is 14.7. The second kappa shape index (κ2) is 5.71. The maximum Gasteiger partial charge on any atom is 0.262 e. The van der Waals surface area contributed by atoms with Gasteiger partial charge in [0.25, 0.3) is 11.8 Å². The Balaban J connectivity index is 1.35. The molecule has 0 spiro atoms. The molecule has 4 aliphatic rings. The van der Waals surface area contributed by atoms with E-state index in [1.807, 2.05) is 6.07 Å². The molecule has 27 heavy (non-hydrogen) atoms. The van der Waals surface area contributed by atoms with Gasteiger partial charge in [0.05, 0.1) is 11.1 Å². The van der Waals surface area contributed by atoms with Crippen LogP contribution < -0.4 is 11.1 Å². The Morgan fingerprint density at radius 1 is 1.04 bits per heavy atom. The van der Waals surface area contributed by atoms with E-state index >= 15 is 0 Å². The number of benzene rings is 1. The summed E-state index contributed by atoms with van der Waals surface area (Å²) in [4.78, 5) is 52.3. The van der Waals surface area contributed by atoms with Crippen LogP contribution in [0.25, 0.3) is 0 Å². The first-order valence-electron chi connectivity index (χ1n) is 9.26. The second-order valence-corrected chi connectivity index (χ2v) is 7.93. The maximum atomic E-state index is 12.8. The number of carbonyl (C=O) groups is 4. The van der Waals surface area contributed by atoms with Gasteiger partial charge in [-0.25, -0.2) is 0 Å². The van der Waals surface area contributed by atoms with E-state index in [1.54, 1.807) is 12.1 Å². The van der Waals surface area contributed by atoms with E-state index in [1.165, 1.54) is 0 Å². The predicted molar refractivity (Wildman–Crippen MR) is 93.3 cm³/mol. The van der Waals surface area contributed by atoms with Gasteiger partial charge in [0.1, 0.15) is 6.04 Å². The zero-order chi connectivity index (χ0) is 18.9. The quantitative estimate of drug-likeness (QED) is 0.694. The summed E-state index contributed by atoms with van der Waals surface area (Å²) in [7, 11) is 0. The summed E-state index contributed by atoms with van der Waals surface area (Å²) in [6.45, 7) is 2.66. The van der Waals surface area contributed by atoms with Gasteiger partial charge in [-0.3, -0.25) is 34.3 Å². The van der Waals surface area contributed by atoms with Gasteiger partial charge in [-0.05, 0) is 36.0 Å². The van der Waals surface area contributed by atoms with E-state index in [0.29, 0.717) is 35.5 Å². The molecule has 4 amide bonds. The molecule has 1 aliphatic carbocycles. The number of imide groups is 2. The van der Waals surface area contributed by atoms with Crippen LogP contribution in [-0.2, 0) is 16.1 Å². The minimum Gasteiger partial charge on any atom is -0.327 e. The largest absolute Gasteiger partial charge is 0.327 e. The van der Waals surface area contributed by atoms with Crippen molar-refractivity contribution >= 4 is 23.6 Å². The number of rotatable bonds is 3. The van der Waals surface area contributed by atoms with Gasteiger partial charge in [0.2, 0.25) is 11.8 Å². The summed E-state index contributed by atoms with van der Waals surface area (Å²) < 4.78 is 0. The topological polar surface area (TPSA) is 113 Å². The van der Waals surface area contributed by atoms with Crippen molar-refractivity contribution in [3.05, 3.63) is 34.9 Å². The van der Waals surface area contributed by atoms with Gasteiger partial charge >= 0.3 is 0 Å². The molecular formula is C19H20N4O4. The van der Waals surface area contributed by atoms with Crippen LogP contribution in [0.15, 0.2) is 18.2 Å². The molecule has 1 aromatic rings. The van der Waals surface area contributed by atoms with Crippen LogP contribution in [0.4, 0.5) is 0 Å². The Morgan fingerprint density at radius 2 is 1.74 bits per heavy atom. The van der Waals surface area contributed by atoms with Crippen LogP contribution in [0, 0.1) is 11.8 Å². The van der Waals surface area contributed by atoms with E-state index in [0.717, 1.165) is 23.6 Å². The lowest BCUT2D eigenvalue weighted by molar-refractivity contribution is -0.136. The molecule has 3 N–H and O–H groups in total. The van der Waals surface area contributed by atoms with E-state index in [4.69, 9.17) is 5.73 Å². The molecule has 0 radical (unpaired) electrons. The highest BCUT2D eigenvalue weighted by atomic mass is 16.2. The molecule has 5 rings (SSSR count). The van der Waals surface area contributed by atoms with Gasteiger partial charge in [-0.2, -0.15) is 0 Å². The van der Waals surface area contributed by atoms with Crippen molar-refractivity contribution in [2.75, 3.05) is 13.1 Å². The molecule has 1 aromatic carbocycles. The molecule has 0 bridgehead atoms. The fraction of sp³-hybridized carbons (Fsp3) is 0.474. The van der Waals surface area contributed by atoms with Gasteiger partial charge in [-0.15, -0.1) is 0 Å². The Bertz CT molecular complexity index is 886. The summed E-state index contributed by atoms with van der Waals surface area (Å²) in [5.41, 5.74) is 7.60. The molecule has 2 saturated heterocycles. The lowest BCUT2D eigenvalue weighted by Crippen LogP contribution is -2.54. The highest BCUT2D eigenvalue weighted by Crippen LogP contribution is 2.44. The van der Waals surface area contributed by atoms with Crippen LogP contribution in [0.2, 0.25) is 0 Å². The third-order valence-electron chi connectivity index (χ3n) is 6.25. The Morgan fingerprint density at radius 3 is 2.44 bits per heavy atom. The molecule has 1 saturated carbocycles. The molecule has 3 aliphatic heterocycles. The minimum atomic E-state index is -0.925. The van der Waals surface area contributed by atoms with Crippen molar-refractivity contribution in [2.24, 2.45) is 17.6 Å². The SMILES string of the molecule is NC1[C@H]2CN(Cc3ccc4c(c3)C(=O)N(C3CCC(=O)NC3=O)C4=O)C[C@@H]12. The number of likely N-dealkylation sites (tertiary alicyclic amines) is 1. The fourth-order valence-corrected chi connectivity index (χ4v) is 4.66. The molecule has 0 aromatic heterocycles. The number of amides is 4. The summed E-state index contributed by atoms with van der Waals surface area (Å²) >= 11 is 0. The fourth-order valence-electron chi connectivity index (χ4n) is 4.66. The van der Waals surface area contributed by atoms with Crippen molar-refractivity contribution in [1.82, 2.24) is 15.1 Å². The van der Waals surface area contributed by atoms with Crippen molar-refractivity contribution in [3.8, 4) is 0 Å². The molecule has 8 heteroatoms. The molecule has 4 atom stereocenters. The molecule has 140 valence electrons. The smallest absolute Gasteiger partial charge is 0.262 e. The molecule has 3 fully saturated rings. The highest BCUT2D eigenvalue weighted by Gasteiger charge is 2.53. The average Bonchev–Trinajstić information content (AvgIpc) is 2.96. The molecule has 8 nitrogen and oxygen atoms in total. The first-order valence-corrected chi connectivity index (χ1v) is 9.26. The second-order valence-electron chi connectivity index (χ2n) is 7.93. The third kappa shape index (κ3) is 2.51. The van der Waals surface area contributed by atoms with Gasteiger partial charge in [-0.1, -0.05) is 6.07 Å². The van der Waals surface area contributed by atoms with Crippen LogP contribution in [-0.4, -0.2) is 58.6 Å². The molecular weight excluding hydrogens is 348 g/mol. The Kier molecular flexibility index (Phi) is 3.50. The van der Waals surface area contributed by atoms with Gasteiger partial charge in [0, 0.05) is 32.1 Å². The highest BCUT2D eigenvalue weighted by molar-refractivity contribution is 6.23. The molecule has 2 unspecified atom stereocenters. The number of nitrogens with one attached hydrogen (secondary N) is 1. The Labute approximate surface area is 155 Å². The van der Waals surface area contributed by atoms with E-state index < -0.39 is 23.8 Å². The van der Waals surface area contributed by atoms with E-state index in [9.17, 15) is 19.2 Å². The first kappa shape index (κ1) is 16.6. The standard InChI is InChI=1S/C19H20N4O4/c20-16-12-7-22(8-13(12)16)6-9-1-2-10-11(5-9)19(27)23(18(10)26)14-3-4-15(24)21-17(14)25/h1-2,5,12-14,16H,3-4,6-8,20H2,(H,21,24,25)/t12-,13+,14?,16?.